The van der Waals surface area contributed by atoms with Crippen LogP contribution in [0.4, 0.5) is 3.89 Å². The molecule has 5 heteroatoms. The van der Waals surface area contributed by atoms with Crippen molar-refractivity contribution in [3.05, 3.63) is 24.4 Å². The van der Waals surface area contributed by atoms with Crippen LogP contribution in [-0.2, 0) is 0 Å². The first-order valence-corrected chi connectivity index (χ1v) is 4.25. The van der Waals surface area contributed by atoms with Crippen molar-refractivity contribution in [3.8, 4) is 5.88 Å². The molecule has 0 aliphatic rings. The maximum absolute atomic E-state index is 12.2. The molecule has 1 aromatic heterocycles. The molecule has 0 aliphatic carbocycles. The van der Waals surface area contributed by atoms with Gasteiger partial charge >= 0.3 is 0 Å². The smallest absolute Gasteiger partial charge is 0.230 e. The average Bonchev–Trinajstić information content (AvgIpc) is 2.17. The molecule has 0 amide bonds. The Bertz CT molecular complexity index is 449. The first-order valence-electron chi connectivity index (χ1n) is 3.54. The molecule has 0 spiro atoms. The monoisotopic (exact) mass is 196 g/mol. The van der Waals surface area contributed by atoms with Crippen molar-refractivity contribution in [1.82, 2.24) is 9.97 Å². The molecule has 1 heterocycles. The summed E-state index contributed by atoms with van der Waals surface area (Å²) in [6, 6.07) is 4.78. The van der Waals surface area contributed by atoms with Gasteiger partial charge in [-0.2, -0.15) is 3.89 Å². The highest BCUT2D eigenvalue weighted by Crippen LogP contribution is 2.22. The quantitative estimate of drug-likeness (QED) is 0.760. The number of rotatable bonds is 1. The molecule has 2 aromatic rings. The van der Waals surface area contributed by atoms with E-state index in [1.165, 1.54) is 6.20 Å². The van der Waals surface area contributed by atoms with Crippen molar-refractivity contribution in [2.75, 3.05) is 0 Å². The van der Waals surface area contributed by atoms with E-state index in [0.29, 0.717) is 15.9 Å². The van der Waals surface area contributed by atoms with Gasteiger partial charge in [-0.25, -0.2) is 9.97 Å². The summed E-state index contributed by atoms with van der Waals surface area (Å²) in [7, 11) is 0. The fraction of sp³-hybridized carbons (Fsp3) is 0. The van der Waals surface area contributed by atoms with Gasteiger partial charge in [-0.05, 0) is 18.2 Å². The van der Waals surface area contributed by atoms with Crippen LogP contribution in [0.5, 0.6) is 5.88 Å². The Morgan fingerprint density at radius 3 is 2.92 bits per heavy atom. The van der Waals surface area contributed by atoms with Gasteiger partial charge in [-0.1, -0.05) is 0 Å². The van der Waals surface area contributed by atoms with Gasteiger partial charge < -0.3 is 5.11 Å². The molecule has 2 rings (SSSR count). The summed E-state index contributed by atoms with van der Waals surface area (Å²) in [6.45, 7) is 0. The van der Waals surface area contributed by atoms with E-state index >= 15 is 0 Å². The number of hydrogen-bond donors (Lipinski definition) is 1. The number of benzene rings is 1. The van der Waals surface area contributed by atoms with Crippen LogP contribution in [0.2, 0.25) is 0 Å². The number of hydrogen-bond acceptors (Lipinski definition) is 4. The Morgan fingerprint density at radius 2 is 2.15 bits per heavy atom. The summed E-state index contributed by atoms with van der Waals surface area (Å²) >= 11 is 0.158. The van der Waals surface area contributed by atoms with Crippen molar-refractivity contribution < 1.29 is 8.99 Å². The number of aromatic hydroxyl groups is 1. The van der Waals surface area contributed by atoms with Gasteiger partial charge in [0.15, 0.2) is 0 Å². The lowest BCUT2D eigenvalue weighted by atomic mass is 10.3. The largest absolute Gasteiger partial charge is 0.492 e. The zero-order chi connectivity index (χ0) is 9.26. The predicted molar refractivity (Wildman–Crippen MR) is 48.2 cm³/mol. The van der Waals surface area contributed by atoms with Crippen LogP contribution in [0.3, 0.4) is 0 Å². The Morgan fingerprint density at radius 1 is 1.31 bits per heavy atom. The van der Waals surface area contributed by atoms with Crippen molar-refractivity contribution in [2.45, 2.75) is 4.90 Å². The summed E-state index contributed by atoms with van der Waals surface area (Å²) in [5.74, 6) is -0.131. The molecule has 0 fully saturated rings. The van der Waals surface area contributed by atoms with Crippen LogP contribution in [0.25, 0.3) is 11.0 Å². The van der Waals surface area contributed by atoms with Gasteiger partial charge in [0.05, 0.1) is 29.4 Å². The topological polar surface area (TPSA) is 46.0 Å². The van der Waals surface area contributed by atoms with Gasteiger partial charge in [0.2, 0.25) is 5.88 Å². The maximum Gasteiger partial charge on any atom is 0.230 e. The molecular weight excluding hydrogens is 191 g/mol. The summed E-state index contributed by atoms with van der Waals surface area (Å²) < 4.78 is 12.2. The molecular formula is C8H5FN2OS. The zero-order valence-electron chi connectivity index (χ0n) is 6.44. The highest BCUT2D eigenvalue weighted by Gasteiger charge is 2.00. The number of halogens is 1. The second kappa shape index (κ2) is 3.18. The van der Waals surface area contributed by atoms with Crippen molar-refractivity contribution >= 4 is 23.2 Å². The average molecular weight is 196 g/mol. The highest BCUT2D eigenvalue weighted by atomic mass is 32.2. The van der Waals surface area contributed by atoms with Gasteiger partial charge in [-0.3, -0.25) is 0 Å². The summed E-state index contributed by atoms with van der Waals surface area (Å²) in [4.78, 5) is 8.19. The fourth-order valence-corrected chi connectivity index (χ4v) is 1.30. The molecule has 1 N–H and O–H groups in total. The lowest BCUT2D eigenvalue weighted by molar-refractivity contribution is 0.453. The first-order chi connectivity index (χ1) is 6.29. The van der Waals surface area contributed by atoms with Crippen LogP contribution < -0.4 is 0 Å². The number of aromatic nitrogens is 2. The molecule has 13 heavy (non-hydrogen) atoms. The van der Waals surface area contributed by atoms with E-state index in [0.717, 1.165) is 0 Å². The molecule has 0 bridgehead atoms. The first kappa shape index (κ1) is 8.25. The molecule has 0 aliphatic heterocycles. The van der Waals surface area contributed by atoms with E-state index < -0.39 is 0 Å². The molecule has 3 nitrogen and oxygen atoms in total. The standard InChI is InChI=1S/C8H5FN2OS/c9-13-5-1-2-6-7(3-5)10-4-8(12)11-6/h1-4H,(H,11,12). The molecule has 0 unspecified atom stereocenters. The number of fused-ring (bicyclic) bond motifs is 1. The van der Waals surface area contributed by atoms with E-state index in [1.807, 2.05) is 0 Å². The fourth-order valence-electron chi connectivity index (χ4n) is 1.03. The molecule has 0 saturated carbocycles. The summed E-state index contributed by atoms with van der Waals surface area (Å²) in [6.07, 6.45) is 1.23. The molecule has 66 valence electrons. The Kier molecular flexibility index (Phi) is 2.02. The van der Waals surface area contributed by atoms with Gasteiger partial charge in [-0.15, -0.1) is 0 Å². The second-order valence-corrected chi connectivity index (χ2v) is 3.08. The minimum absolute atomic E-state index is 0.131. The minimum atomic E-state index is -0.131. The second-order valence-electron chi connectivity index (χ2n) is 2.46. The zero-order valence-corrected chi connectivity index (χ0v) is 7.25. The number of nitrogens with zero attached hydrogens (tertiary/aromatic N) is 2. The lowest BCUT2D eigenvalue weighted by Crippen LogP contribution is -1.83. The Balaban J connectivity index is 2.66. The van der Waals surface area contributed by atoms with Crippen molar-refractivity contribution in [2.24, 2.45) is 0 Å². The van der Waals surface area contributed by atoms with Gasteiger partial charge in [0.25, 0.3) is 0 Å². The van der Waals surface area contributed by atoms with E-state index in [-0.39, 0.29) is 18.0 Å². The van der Waals surface area contributed by atoms with Crippen LogP contribution >= 0.6 is 12.1 Å². The Labute approximate surface area is 77.9 Å². The van der Waals surface area contributed by atoms with Crippen LogP contribution in [-0.4, -0.2) is 15.1 Å². The van der Waals surface area contributed by atoms with Crippen molar-refractivity contribution in [1.29, 1.82) is 0 Å². The van der Waals surface area contributed by atoms with E-state index in [4.69, 9.17) is 5.11 Å². The summed E-state index contributed by atoms with van der Waals surface area (Å²) in [5.41, 5.74) is 1.12. The summed E-state index contributed by atoms with van der Waals surface area (Å²) in [5, 5.41) is 9.00. The van der Waals surface area contributed by atoms with Crippen LogP contribution in [0, 0.1) is 0 Å². The third kappa shape index (κ3) is 1.55. The van der Waals surface area contributed by atoms with E-state index in [1.54, 1.807) is 18.2 Å². The van der Waals surface area contributed by atoms with Crippen LogP contribution in [0.1, 0.15) is 0 Å². The molecule has 1 aromatic carbocycles. The van der Waals surface area contributed by atoms with Gasteiger partial charge in [0, 0.05) is 4.90 Å². The van der Waals surface area contributed by atoms with Gasteiger partial charge in [0.1, 0.15) is 0 Å². The minimum Gasteiger partial charge on any atom is -0.492 e. The maximum atomic E-state index is 12.2. The SMILES string of the molecule is Oc1cnc2cc(SF)ccc2n1. The van der Waals surface area contributed by atoms with Crippen molar-refractivity contribution in [3.63, 3.8) is 0 Å². The molecule has 0 atom stereocenters. The highest BCUT2D eigenvalue weighted by molar-refractivity contribution is 7.94. The van der Waals surface area contributed by atoms with E-state index in [2.05, 4.69) is 9.97 Å². The molecule has 0 saturated heterocycles. The predicted octanol–water partition coefficient (Wildman–Crippen LogP) is 2.31. The lowest BCUT2D eigenvalue weighted by Gasteiger charge is -1.97. The third-order valence-electron chi connectivity index (χ3n) is 1.59. The van der Waals surface area contributed by atoms with Crippen LogP contribution in [0.15, 0.2) is 29.3 Å². The Hall–Kier alpha value is -1.36. The molecule has 0 radical (unpaired) electrons. The third-order valence-corrected chi connectivity index (χ3v) is 2.02. The normalized spacial score (nSPS) is 10.5. The van der Waals surface area contributed by atoms with E-state index in [9.17, 15) is 3.89 Å².